The van der Waals surface area contributed by atoms with Crippen LogP contribution in [0.25, 0.3) is 0 Å². The van der Waals surface area contributed by atoms with Crippen LogP contribution in [0.3, 0.4) is 0 Å². The third kappa shape index (κ3) is 1.50. The average Bonchev–Trinajstić information content (AvgIpc) is 2.16. The van der Waals surface area contributed by atoms with E-state index in [1.54, 1.807) is 6.07 Å². The van der Waals surface area contributed by atoms with Crippen LogP contribution in [0, 0.1) is 17.2 Å². The molecule has 15 heavy (non-hydrogen) atoms. The van der Waals surface area contributed by atoms with Gasteiger partial charge in [0.25, 0.3) is 5.91 Å². The third-order valence-corrected chi connectivity index (χ3v) is 2.09. The summed E-state index contributed by atoms with van der Waals surface area (Å²) < 4.78 is 26.0. The lowest BCUT2D eigenvalue weighted by molar-refractivity contribution is -0.114. The summed E-state index contributed by atoms with van der Waals surface area (Å²) in [7, 11) is 0. The van der Waals surface area contributed by atoms with Gasteiger partial charge in [0.15, 0.2) is 0 Å². The molecule has 2 aliphatic rings. The minimum absolute atomic E-state index is 0.00324. The predicted octanol–water partition coefficient (Wildman–Crippen LogP) is 1.75. The monoisotopic (exact) mass is 206 g/mol. The van der Waals surface area contributed by atoms with Crippen LogP contribution in [-0.4, -0.2) is 11.6 Å². The summed E-state index contributed by atoms with van der Waals surface area (Å²) in [5.74, 6) is -3.21. The number of dihydropyridines is 1. The molecule has 0 aromatic heterocycles. The van der Waals surface area contributed by atoms with E-state index in [1.807, 2.05) is 0 Å². The largest absolute Gasteiger partial charge is 0.287 e. The van der Waals surface area contributed by atoms with Gasteiger partial charge in [0.2, 0.25) is 0 Å². The Morgan fingerprint density at radius 2 is 2.13 bits per heavy atom. The van der Waals surface area contributed by atoms with Crippen LogP contribution in [0.1, 0.15) is 0 Å². The zero-order chi connectivity index (χ0) is 11.0. The van der Waals surface area contributed by atoms with Gasteiger partial charge in [-0.1, -0.05) is 0 Å². The first-order valence-electron chi connectivity index (χ1n) is 4.11. The molecule has 1 heterocycles. The molecule has 0 saturated carbocycles. The highest BCUT2D eigenvalue weighted by Gasteiger charge is 2.29. The molecule has 0 aromatic carbocycles. The van der Waals surface area contributed by atoms with Crippen LogP contribution in [0.5, 0.6) is 0 Å². The van der Waals surface area contributed by atoms with Crippen LogP contribution in [-0.2, 0) is 4.79 Å². The van der Waals surface area contributed by atoms with Gasteiger partial charge in [-0.05, 0) is 12.2 Å². The van der Waals surface area contributed by atoms with Gasteiger partial charge in [-0.15, -0.1) is 0 Å². The SMILES string of the molecule is N#CC1=CC2C(F)=CC(F)=CC2=NC1=O. The van der Waals surface area contributed by atoms with Crippen LogP contribution >= 0.6 is 0 Å². The molecule has 0 radical (unpaired) electrons. The van der Waals surface area contributed by atoms with Gasteiger partial charge >= 0.3 is 0 Å². The Morgan fingerprint density at radius 3 is 2.80 bits per heavy atom. The van der Waals surface area contributed by atoms with Crippen molar-refractivity contribution in [2.75, 3.05) is 0 Å². The molecule has 0 spiro atoms. The molecule has 1 unspecified atom stereocenters. The van der Waals surface area contributed by atoms with Crippen molar-refractivity contribution in [2.24, 2.45) is 10.9 Å². The molecule has 2 rings (SSSR count). The Labute approximate surface area is 83.7 Å². The number of aliphatic imine (C=N–C) groups is 1. The summed E-state index contributed by atoms with van der Waals surface area (Å²) >= 11 is 0. The van der Waals surface area contributed by atoms with Crippen molar-refractivity contribution in [2.45, 2.75) is 0 Å². The minimum atomic E-state index is -0.906. The van der Waals surface area contributed by atoms with Gasteiger partial charge in [0.1, 0.15) is 23.3 Å². The molecule has 0 saturated heterocycles. The first-order valence-corrected chi connectivity index (χ1v) is 4.11. The summed E-state index contributed by atoms with van der Waals surface area (Å²) in [6.45, 7) is 0. The van der Waals surface area contributed by atoms with Crippen molar-refractivity contribution in [1.29, 1.82) is 5.26 Å². The summed E-state index contributed by atoms with van der Waals surface area (Å²) in [5, 5.41) is 8.55. The smallest absolute Gasteiger partial charge is 0.266 e. The third-order valence-electron chi connectivity index (χ3n) is 2.09. The lowest BCUT2D eigenvalue weighted by atomic mass is 9.92. The fourth-order valence-corrected chi connectivity index (χ4v) is 1.40. The molecule has 0 N–H and O–H groups in total. The number of rotatable bonds is 0. The zero-order valence-corrected chi connectivity index (χ0v) is 7.37. The number of nitriles is 1. The predicted molar refractivity (Wildman–Crippen MR) is 48.0 cm³/mol. The van der Waals surface area contributed by atoms with E-state index in [2.05, 4.69) is 4.99 Å². The number of amides is 1. The number of hydrogen-bond acceptors (Lipinski definition) is 2. The highest BCUT2D eigenvalue weighted by Crippen LogP contribution is 2.28. The maximum absolute atomic E-state index is 13.2. The van der Waals surface area contributed by atoms with E-state index in [4.69, 9.17) is 5.26 Å². The highest BCUT2D eigenvalue weighted by atomic mass is 19.1. The summed E-state index contributed by atoms with van der Waals surface area (Å²) in [4.78, 5) is 14.6. The topological polar surface area (TPSA) is 53.2 Å². The molecule has 0 fully saturated rings. The maximum atomic E-state index is 13.2. The fourth-order valence-electron chi connectivity index (χ4n) is 1.40. The highest BCUT2D eigenvalue weighted by molar-refractivity contribution is 6.15. The molecule has 1 amide bonds. The Morgan fingerprint density at radius 1 is 1.40 bits per heavy atom. The number of carbonyl (C=O) groups excluding carboxylic acids is 1. The van der Waals surface area contributed by atoms with Crippen molar-refractivity contribution < 1.29 is 13.6 Å². The zero-order valence-electron chi connectivity index (χ0n) is 7.37. The fraction of sp³-hybridized carbons (Fsp3) is 0.100. The molecule has 0 aromatic rings. The number of allylic oxidation sites excluding steroid dienone is 5. The van der Waals surface area contributed by atoms with Gasteiger partial charge in [-0.25, -0.2) is 13.8 Å². The van der Waals surface area contributed by atoms with Crippen LogP contribution in [0.15, 0.2) is 40.4 Å². The van der Waals surface area contributed by atoms with Crippen molar-refractivity contribution in [1.82, 2.24) is 0 Å². The Hall–Kier alpha value is -2.09. The molecule has 1 aliphatic heterocycles. The molecule has 1 atom stereocenters. The molecular weight excluding hydrogens is 202 g/mol. The second-order valence-corrected chi connectivity index (χ2v) is 3.07. The normalized spacial score (nSPS) is 24.3. The van der Waals surface area contributed by atoms with Crippen molar-refractivity contribution in [3.8, 4) is 6.07 Å². The van der Waals surface area contributed by atoms with Crippen LogP contribution in [0.4, 0.5) is 8.78 Å². The van der Waals surface area contributed by atoms with Crippen LogP contribution in [0.2, 0.25) is 0 Å². The summed E-state index contributed by atoms with van der Waals surface area (Å²) in [6, 6.07) is 1.61. The van der Waals surface area contributed by atoms with Crippen molar-refractivity contribution >= 4 is 11.6 Å². The van der Waals surface area contributed by atoms with Gasteiger partial charge in [-0.2, -0.15) is 5.26 Å². The van der Waals surface area contributed by atoms with E-state index >= 15 is 0 Å². The quantitative estimate of drug-likeness (QED) is 0.606. The first kappa shape index (κ1) is 9.46. The van der Waals surface area contributed by atoms with Crippen molar-refractivity contribution in [3.63, 3.8) is 0 Å². The van der Waals surface area contributed by atoms with E-state index < -0.39 is 23.5 Å². The maximum Gasteiger partial charge on any atom is 0.287 e. The second kappa shape index (κ2) is 3.24. The Kier molecular flexibility index (Phi) is 2.05. The molecule has 3 nitrogen and oxygen atoms in total. The molecule has 74 valence electrons. The van der Waals surface area contributed by atoms with Crippen LogP contribution < -0.4 is 0 Å². The summed E-state index contributed by atoms with van der Waals surface area (Å²) in [5.41, 5.74) is -0.223. The Bertz CT molecular complexity index is 506. The van der Waals surface area contributed by atoms with E-state index in [9.17, 15) is 13.6 Å². The van der Waals surface area contributed by atoms with E-state index in [1.165, 1.54) is 0 Å². The number of nitrogens with zero attached hydrogens (tertiary/aromatic N) is 2. The van der Waals surface area contributed by atoms with Crippen molar-refractivity contribution in [3.05, 3.63) is 35.5 Å². The average molecular weight is 206 g/mol. The van der Waals surface area contributed by atoms with E-state index in [0.717, 1.165) is 12.2 Å². The number of carbonyl (C=O) groups is 1. The standard InChI is InChI=1S/C10H4F2N2O/c11-6-2-8(12)7-1-5(4-13)10(15)14-9(7)3-6/h1-3,7H. The van der Waals surface area contributed by atoms with Gasteiger partial charge in [0, 0.05) is 6.08 Å². The van der Waals surface area contributed by atoms with E-state index in [0.29, 0.717) is 6.08 Å². The number of fused-ring (bicyclic) bond motifs is 1. The number of halogens is 2. The lowest BCUT2D eigenvalue weighted by Gasteiger charge is -2.18. The molecular formula is C10H4F2N2O. The van der Waals surface area contributed by atoms with Gasteiger partial charge in [0.05, 0.1) is 11.6 Å². The molecule has 0 bridgehead atoms. The molecule has 5 heteroatoms. The lowest BCUT2D eigenvalue weighted by Crippen LogP contribution is -2.22. The molecule has 1 aliphatic carbocycles. The van der Waals surface area contributed by atoms with Gasteiger partial charge in [-0.3, -0.25) is 4.79 Å². The summed E-state index contributed by atoms with van der Waals surface area (Å²) in [6.07, 6.45) is 2.85. The number of hydrogen-bond donors (Lipinski definition) is 0. The first-order chi connectivity index (χ1) is 7.11. The minimum Gasteiger partial charge on any atom is -0.266 e. The second-order valence-electron chi connectivity index (χ2n) is 3.07. The Balaban J connectivity index is 2.50. The van der Waals surface area contributed by atoms with Gasteiger partial charge < -0.3 is 0 Å². The van der Waals surface area contributed by atoms with E-state index in [-0.39, 0.29) is 11.3 Å².